The second-order valence-electron chi connectivity index (χ2n) is 3.60. The van der Waals surface area contributed by atoms with Crippen LogP contribution in [0.1, 0.15) is 0 Å². The number of pyridine rings is 1. The van der Waals surface area contributed by atoms with Gasteiger partial charge in [0.2, 0.25) is 5.89 Å². The van der Waals surface area contributed by atoms with Crippen LogP contribution in [-0.2, 0) is 0 Å². The third kappa shape index (κ3) is 1.98. The van der Waals surface area contributed by atoms with Crippen molar-refractivity contribution in [3.8, 4) is 21.2 Å². The van der Waals surface area contributed by atoms with Gasteiger partial charge >= 0.3 is 0 Å². The Labute approximate surface area is 112 Å². The molecule has 0 aromatic carbocycles. The van der Waals surface area contributed by atoms with E-state index in [0.29, 0.717) is 16.7 Å². The molecule has 3 heterocycles. The van der Waals surface area contributed by atoms with Crippen molar-refractivity contribution in [2.75, 3.05) is 5.73 Å². The second kappa shape index (κ2) is 4.44. The molecule has 0 atom stereocenters. The van der Waals surface area contributed by atoms with E-state index in [2.05, 4.69) is 9.97 Å². The molecule has 3 aromatic rings. The zero-order chi connectivity index (χ0) is 12.5. The quantitative estimate of drug-likeness (QED) is 0.776. The third-order valence-electron chi connectivity index (χ3n) is 2.38. The zero-order valence-electron chi connectivity index (χ0n) is 9.13. The van der Waals surface area contributed by atoms with Crippen molar-refractivity contribution < 1.29 is 4.42 Å². The number of thiophene rings is 1. The van der Waals surface area contributed by atoms with E-state index >= 15 is 0 Å². The molecule has 0 fully saturated rings. The topological polar surface area (TPSA) is 64.9 Å². The lowest BCUT2D eigenvalue weighted by molar-refractivity contribution is 0.576. The number of halogens is 1. The molecule has 0 bridgehead atoms. The minimum atomic E-state index is 0.486. The van der Waals surface area contributed by atoms with Crippen molar-refractivity contribution in [2.45, 2.75) is 0 Å². The van der Waals surface area contributed by atoms with Crippen molar-refractivity contribution >= 4 is 28.8 Å². The van der Waals surface area contributed by atoms with Crippen LogP contribution in [0, 0.1) is 0 Å². The largest absolute Gasteiger partial charge is 0.444 e. The number of hydrogen-bond acceptors (Lipinski definition) is 5. The first-order valence-corrected chi connectivity index (χ1v) is 6.34. The Morgan fingerprint density at radius 1 is 1.28 bits per heavy atom. The summed E-state index contributed by atoms with van der Waals surface area (Å²) in [5, 5.41) is 0.653. The molecule has 0 aliphatic rings. The fourth-order valence-corrected chi connectivity index (χ4v) is 2.93. The Balaban J connectivity index is 2.06. The van der Waals surface area contributed by atoms with E-state index in [1.54, 1.807) is 18.5 Å². The average molecular weight is 278 g/mol. The van der Waals surface area contributed by atoms with Crippen molar-refractivity contribution in [3.63, 3.8) is 0 Å². The summed E-state index contributed by atoms with van der Waals surface area (Å²) in [4.78, 5) is 9.97. The van der Waals surface area contributed by atoms with Crippen LogP contribution in [-0.4, -0.2) is 9.97 Å². The van der Waals surface area contributed by atoms with Gasteiger partial charge < -0.3 is 10.2 Å². The van der Waals surface area contributed by atoms with E-state index in [1.165, 1.54) is 17.6 Å². The van der Waals surface area contributed by atoms with Gasteiger partial charge in [-0.3, -0.25) is 0 Å². The minimum Gasteiger partial charge on any atom is -0.444 e. The number of rotatable bonds is 2. The van der Waals surface area contributed by atoms with Gasteiger partial charge in [-0.2, -0.15) is 0 Å². The molecule has 18 heavy (non-hydrogen) atoms. The van der Waals surface area contributed by atoms with Gasteiger partial charge in [0.1, 0.15) is 12.1 Å². The lowest BCUT2D eigenvalue weighted by atomic mass is 10.2. The number of aromatic nitrogens is 2. The number of nitrogens with two attached hydrogens (primary N) is 1. The maximum absolute atomic E-state index is 6.22. The van der Waals surface area contributed by atoms with Crippen molar-refractivity contribution in [1.29, 1.82) is 0 Å². The second-order valence-corrected chi connectivity index (χ2v) is 5.06. The lowest BCUT2D eigenvalue weighted by Crippen LogP contribution is -1.88. The summed E-state index contributed by atoms with van der Waals surface area (Å²) in [6, 6.07) is 5.47. The molecule has 0 amide bonds. The molecule has 90 valence electrons. The van der Waals surface area contributed by atoms with Crippen molar-refractivity contribution in [3.05, 3.63) is 41.9 Å². The Kier molecular flexibility index (Phi) is 2.77. The van der Waals surface area contributed by atoms with E-state index in [1.807, 2.05) is 12.1 Å². The zero-order valence-corrected chi connectivity index (χ0v) is 10.7. The van der Waals surface area contributed by atoms with Crippen LogP contribution >= 0.6 is 22.9 Å². The third-order valence-corrected chi connectivity index (χ3v) is 3.96. The Bertz CT molecular complexity index is 661. The molecular formula is C12H8ClN3OS. The van der Waals surface area contributed by atoms with E-state index in [-0.39, 0.29) is 0 Å². The highest BCUT2D eigenvalue weighted by atomic mass is 35.5. The summed E-state index contributed by atoms with van der Waals surface area (Å²) in [5.41, 5.74) is 6.49. The molecule has 3 aromatic heterocycles. The summed E-state index contributed by atoms with van der Waals surface area (Å²) >= 11 is 7.73. The Hall–Kier alpha value is -1.85. The molecule has 4 nitrogen and oxygen atoms in total. The molecule has 0 aliphatic carbocycles. The number of nitrogens with zero attached hydrogens (tertiary/aromatic N) is 2. The fourth-order valence-electron chi connectivity index (χ4n) is 1.56. The van der Waals surface area contributed by atoms with Gasteiger partial charge in [0.15, 0.2) is 0 Å². The number of oxazole rings is 1. The van der Waals surface area contributed by atoms with Gasteiger partial charge in [0.25, 0.3) is 0 Å². The summed E-state index contributed by atoms with van der Waals surface area (Å²) in [5.74, 6) is 1.05. The van der Waals surface area contributed by atoms with Crippen LogP contribution in [0.25, 0.3) is 21.2 Å². The standard InChI is InChI=1S/C12H8ClN3OS/c13-8-5-9(12-15-3-4-17-12)18-11(8)7-1-2-10(14)16-6-7/h1-6H,(H2,14,16). The first kappa shape index (κ1) is 11.3. The van der Waals surface area contributed by atoms with E-state index in [9.17, 15) is 0 Å². The molecule has 2 N–H and O–H groups in total. The maximum Gasteiger partial charge on any atom is 0.236 e. The molecule has 0 radical (unpaired) electrons. The first-order valence-electron chi connectivity index (χ1n) is 5.15. The van der Waals surface area contributed by atoms with E-state index in [0.717, 1.165) is 15.3 Å². The number of anilines is 1. The molecule has 0 spiro atoms. The molecule has 0 saturated carbocycles. The normalized spacial score (nSPS) is 10.7. The predicted octanol–water partition coefficient (Wildman–Crippen LogP) is 3.70. The van der Waals surface area contributed by atoms with Gasteiger partial charge in [-0.05, 0) is 18.2 Å². The minimum absolute atomic E-state index is 0.486. The molecular weight excluding hydrogens is 270 g/mol. The smallest absolute Gasteiger partial charge is 0.236 e. The molecule has 6 heteroatoms. The number of hydrogen-bond donors (Lipinski definition) is 1. The van der Waals surface area contributed by atoms with Crippen LogP contribution in [0.15, 0.2) is 41.3 Å². The van der Waals surface area contributed by atoms with Crippen LogP contribution in [0.5, 0.6) is 0 Å². The summed E-state index contributed by atoms with van der Waals surface area (Å²) < 4.78 is 5.25. The highest BCUT2D eigenvalue weighted by Crippen LogP contribution is 2.40. The van der Waals surface area contributed by atoms with Gasteiger partial charge in [0, 0.05) is 11.8 Å². The van der Waals surface area contributed by atoms with Crippen LogP contribution in [0.2, 0.25) is 5.02 Å². The molecule has 0 saturated heterocycles. The van der Waals surface area contributed by atoms with Gasteiger partial charge in [0.05, 0.1) is 21.0 Å². The van der Waals surface area contributed by atoms with Gasteiger partial charge in [-0.25, -0.2) is 9.97 Å². The Morgan fingerprint density at radius 3 is 2.83 bits per heavy atom. The Morgan fingerprint density at radius 2 is 2.17 bits per heavy atom. The van der Waals surface area contributed by atoms with Crippen molar-refractivity contribution in [1.82, 2.24) is 9.97 Å². The molecule has 0 aliphatic heterocycles. The summed E-state index contributed by atoms with van der Waals surface area (Å²) in [6.45, 7) is 0. The van der Waals surface area contributed by atoms with Crippen LogP contribution in [0.4, 0.5) is 5.82 Å². The monoisotopic (exact) mass is 277 g/mol. The van der Waals surface area contributed by atoms with Crippen LogP contribution in [0.3, 0.4) is 0 Å². The van der Waals surface area contributed by atoms with E-state index < -0.39 is 0 Å². The number of nitrogen functional groups attached to an aromatic ring is 1. The van der Waals surface area contributed by atoms with E-state index in [4.69, 9.17) is 21.8 Å². The average Bonchev–Trinajstić information content (AvgIpc) is 2.99. The SMILES string of the molecule is Nc1ccc(-c2sc(-c3ncco3)cc2Cl)cn1. The summed E-state index contributed by atoms with van der Waals surface area (Å²) in [7, 11) is 0. The fraction of sp³-hybridized carbons (Fsp3) is 0. The molecule has 0 unspecified atom stereocenters. The highest BCUT2D eigenvalue weighted by molar-refractivity contribution is 7.19. The predicted molar refractivity (Wildman–Crippen MR) is 72.5 cm³/mol. The highest BCUT2D eigenvalue weighted by Gasteiger charge is 2.13. The van der Waals surface area contributed by atoms with Crippen molar-refractivity contribution in [2.24, 2.45) is 0 Å². The summed E-state index contributed by atoms with van der Waals surface area (Å²) in [6.07, 6.45) is 4.84. The molecule has 3 rings (SSSR count). The van der Waals surface area contributed by atoms with Gasteiger partial charge in [-0.1, -0.05) is 11.6 Å². The first-order chi connectivity index (χ1) is 8.74. The maximum atomic E-state index is 6.22. The van der Waals surface area contributed by atoms with Gasteiger partial charge in [-0.15, -0.1) is 11.3 Å². The lowest BCUT2D eigenvalue weighted by Gasteiger charge is -1.98. The van der Waals surface area contributed by atoms with Crippen LogP contribution < -0.4 is 5.73 Å².